The number of hydrogen-bond donors (Lipinski definition) is 2. The largest absolute Gasteiger partial charge is 0.493 e. The molecule has 27 heavy (non-hydrogen) atoms. The van der Waals surface area contributed by atoms with E-state index in [1.807, 2.05) is 49.4 Å². The summed E-state index contributed by atoms with van der Waals surface area (Å²) in [6.07, 6.45) is 1.87. The number of hydrogen-bond acceptors (Lipinski definition) is 5. The Bertz CT molecular complexity index is 1030. The van der Waals surface area contributed by atoms with E-state index in [9.17, 15) is 9.59 Å². The van der Waals surface area contributed by atoms with Crippen molar-refractivity contribution in [2.24, 2.45) is 5.10 Å². The van der Waals surface area contributed by atoms with Crippen LogP contribution in [0.5, 0.6) is 5.75 Å². The highest BCUT2D eigenvalue weighted by atomic mass is 16.5. The summed E-state index contributed by atoms with van der Waals surface area (Å²) in [5.74, 6) is 0.402. The van der Waals surface area contributed by atoms with E-state index >= 15 is 0 Å². The molecule has 1 heterocycles. The van der Waals surface area contributed by atoms with Gasteiger partial charge < -0.3 is 9.72 Å². The number of carbonyl (C=O) groups is 1. The van der Waals surface area contributed by atoms with Crippen LogP contribution in [-0.2, 0) is 11.2 Å². The third-order valence-corrected chi connectivity index (χ3v) is 3.87. The summed E-state index contributed by atoms with van der Waals surface area (Å²) in [7, 11) is 0. The highest BCUT2D eigenvalue weighted by Gasteiger charge is 2.08. The normalized spacial score (nSPS) is 11.0. The van der Waals surface area contributed by atoms with Crippen molar-refractivity contribution in [3.05, 3.63) is 70.1 Å². The van der Waals surface area contributed by atoms with Gasteiger partial charge in [0, 0.05) is 18.4 Å². The van der Waals surface area contributed by atoms with Crippen LogP contribution >= 0.6 is 0 Å². The minimum atomic E-state index is -0.297. The van der Waals surface area contributed by atoms with Crippen molar-refractivity contribution >= 4 is 23.2 Å². The van der Waals surface area contributed by atoms with E-state index in [2.05, 4.69) is 20.5 Å². The number of amides is 1. The number of hydrazone groups is 1. The second-order valence-corrected chi connectivity index (χ2v) is 5.79. The molecule has 3 aromatic rings. The van der Waals surface area contributed by atoms with Crippen molar-refractivity contribution in [2.45, 2.75) is 19.8 Å². The standard InChI is InChI=1S/C20H20N4O3/c1-2-27-18-10-6-3-7-14(18)13-21-24-19(25)12-11-17-20(26)23-16-9-5-4-8-15(16)22-17/h3-10,13H,2,11-12H2,1H3,(H,23,26)(H,24,25)/b21-13+. The summed E-state index contributed by atoms with van der Waals surface area (Å²) in [5.41, 5.74) is 4.65. The molecule has 0 aliphatic heterocycles. The summed E-state index contributed by atoms with van der Waals surface area (Å²) in [6, 6.07) is 14.7. The van der Waals surface area contributed by atoms with Crippen LogP contribution in [0.4, 0.5) is 0 Å². The first kappa shape index (κ1) is 18.3. The summed E-state index contributed by atoms with van der Waals surface area (Å²) in [6.45, 7) is 2.45. The number of aromatic amines is 1. The molecule has 1 aromatic heterocycles. The SMILES string of the molecule is CCOc1ccccc1/C=N/NC(=O)CCc1nc2ccccc2[nH]c1=O. The highest BCUT2D eigenvalue weighted by molar-refractivity contribution is 5.85. The van der Waals surface area contributed by atoms with E-state index in [4.69, 9.17) is 4.74 Å². The molecule has 1 amide bonds. The zero-order chi connectivity index (χ0) is 19.1. The minimum Gasteiger partial charge on any atom is -0.493 e. The van der Waals surface area contributed by atoms with Crippen LogP contribution < -0.4 is 15.7 Å². The topological polar surface area (TPSA) is 96.4 Å². The number of para-hydroxylation sites is 3. The van der Waals surface area contributed by atoms with Gasteiger partial charge in [-0.15, -0.1) is 0 Å². The van der Waals surface area contributed by atoms with Crippen LogP contribution in [-0.4, -0.2) is 28.7 Å². The fourth-order valence-electron chi connectivity index (χ4n) is 2.57. The number of carbonyl (C=O) groups excluding carboxylic acids is 1. The van der Waals surface area contributed by atoms with Gasteiger partial charge in [0.05, 0.1) is 23.9 Å². The molecule has 138 valence electrons. The van der Waals surface area contributed by atoms with Gasteiger partial charge in [-0.3, -0.25) is 9.59 Å². The molecule has 2 aromatic carbocycles. The average molecular weight is 364 g/mol. The zero-order valence-electron chi connectivity index (χ0n) is 14.9. The van der Waals surface area contributed by atoms with Crippen LogP contribution in [0.1, 0.15) is 24.6 Å². The number of rotatable bonds is 7. The number of nitrogens with one attached hydrogen (secondary N) is 2. The summed E-state index contributed by atoms with van der Waals surface area (Å²) < 4.78 is 5.50. The van der Waals surface area contributed by atoms with Crippen LogP contribution in [0.2, 0.25) is 0 Å². The van der Waals surface area contributed by atoms with Crippen LogP contribution in [0.25, 0.3) is 11.0 Å². The average Bonchev–Trinajstić information content (AvgIpc) is 2.68. The molecule has 7 nitrogen and oxygen atoms in total. The first-order chi connectivity index (χ1) is 13.2. The highest BCUT2D eigenvalue weighted by Crippen LogP contribution is 2.15. The molecule has 0 radical (unpaired) electrons. The molecule has 0 saturated heterocycles. The Morgan fingerprint density at radius 1 is 1.22 bits per heavy atom. The summed E-state index contributed by atoms with van der Waals surface area (Å²) in [4.78, 5) is 31.1. The molecule has 3 rings (SSSR count). The van der Waals surface area contributed by atoms with Gasteiger partial charge in [0.1, 0.15) is 11.4 Å². The molecule has 0 aliphatic rings. The van der Waals surface area contributed by atoms with Gasteiger partial charge in [-0.2, -0.15) is 5.10 Å². The number of fused-ring (bicyclic) bond motifs is 1. The van der Waals surface area contributed by atoms with Gasteiger partial charge in [-0.25, -0.2) is 10.4 Å². The van der Waals surface area contributed by atoms with Gasteiger partial charge >= 0.3 is 0 Å². The maximum absolute atomic E-state index is 12.1. The Morgan fingerprint density at radius 2 is 2.00 bits per heavy atom. The lowest BCUT2D eigenvalue weighted by Crippen LogP contribution is -2.21. The fraction of sp³-hybridized carbons (Fsp3) is 0.200. The van der Waals surface area contributed by atoms with E-state index in [1.54, 1.807) is 6.07 Å². The maximum Gasteiger partial charge on any atom is 0.270 e. The molecule has 0 saturated carbocycles. The number of ether oxygens (including phenoxy) is 1. The maximum atomic E-state index is 12.1. The second-order valence-electron chi connectivity index (χ2n) is 5.79. The van der Waals surface area contributed by atoms with Crippen molar-refractivity contribution in [3.8, 4) is 5.75 Å². The molecule has 0 aliphatic carbocycles. The Kier molecular flexibility index (Phi) is 5.94. The first-order valence-electron chi connectivity index (χ1n) is 8.69. The van der Waals surface area contributed by atoms with Crippen molar-refractivity contribution < 1.29 is 9.53 Å². The van der Waals surface area contributed by atoms with Gasteiger partial charge in [-0.05, 0) is 31.2 Å². The van der Waals surface area contributed by atoms with Crippen LogP contribution in [0.3, 0.4) is 0 Å². The Hall–Kier alpha value is -3.48. The zero-order valence-corrected chi connectivity index (χ0v) is 14.9. The lowest BCUT2D eigenvalue weighted by molar-refractivity contribution is -0.121. The van der Waals surface area contributed by atoms with E-state index in [0.717, 1.165) is 5.56 Å². The number of aryl methyl sites for hydroxylation is 1. The van der Waals surface area contributed by atoms with Crippen LogP contribution in [0.15, 0.2) is 58.4 Å². The quantitative estimate of drug-likeness (QED) is 0.497. The van der Waals surface area contributed by atoms with Crippen molar-refractivity contribution in [1.82, 2.24) is 15.4 Å². The third kappa shape index (κ3) is 4.78. The molecule has 2 N–H and O–H groups in total. The Labute approximate surface area is 156 Å². The minimum absolute atomic E-state index is 0.110. The van der Waals surface area contributed by atoms with Crippen molar-refractivity contribution in [3.63, 3.8) is 0 Å². The number of nitrogens with zero attached hydrogens (tertiary/aromatic N) is 2. The Morgan fingerprint density at radius 3 is 2.85 bits per heavy atom. The summed E-state index contributed by atoms with van der Waals surface area (Å²) in [5, 5.41) is 3.96. The van der Waals surface area contributed by atoms with Gasteiger partial charge in [0.2, 0.25) is 5.91 Å². The fourth-order valence-corrected chi connectivity index (χ4v) is 2.57. The van der Waals surface area contributed by atoms with Gasteiger partial charge in [-0.1, -0.05) is 24.3 Å². The van der Waals surface area contributed by atoms with E-state index in [-0.39, 0.29) is 24.3 Å². The summed E-state index contributed by atoms with van der Waals surface area (Å²) >= 11 is 0. The molecule has 0 bridgehead atoms. The van der Waals surface area contributed by atoms with E-state index < -0.39 is 0 Å². The smallest absolute Gasteiger partial charge is 0.270 e. The number of H-pyrrole nitrogens is 1. The van der Waals surface area contributed by atoms with Gasteiger partial charge in [0.25, 0.3) is 5.56 Å². The monoisotopic (exact) mass is 364 g/mol. The van der Waals surface area contributed by atoms with E-state index in [0.29, 0.717) is 29.1 Å². The van der Waals surface area contributed by atoms with Gasteiger partial charge in [0.15, 0.2) is 0 Å². The van der Waals surface area contributed by atoms with Crippen molar-refractivity contribution in [2.75, 3.05) is 6.61 Å². The molecule has 0 atom stereocenters. The van der Waals surface area contributed by atoms with Crippen LogP contribution in [0, 0.1) is 0 Å². The van der Waals surface area contributed by atoms with Crippen molar-refractivity contribution in [1.29, 1.82) is 0 Å². The first-order valence-corrected chi connectivity index (χ1v) is 8.69. The third-order valence-electron chi connectivity index (χ3n) is 3.87. The number of aromatic nitrogens is 2. The predicted molar refractivity (Wildman–Crippen MR) is 104 cm³/mol. The molecule has 7 heteroatoms. The molecular formula is C20H20N4O3. The molecular weight excluding hydrogens is 344 g/mol. The lowest BCUT2D eigenvalue weighted by Gasteiger charge is -2.06. The molecule has 0 fully saturated rings. The predicted octanol–water partition coefficient (Wildman–Crippen LogP) is 2.40. The molecule has 0 unspecified atom stereocenters. The Balaban J connectivity index is 1.59. The van der Waals surface area contributed by atoms with E-state index in [1.165, 1.54) is 6.21 Å². The molecule has 0 spiro atoms. The number of benzene rings is 2. The lowest BCUT2D eigenvalue weighted by atomic mass is 10.2. The second kappa shape index (κ2) is 8.75.